The van der Waals surface area contributed by atoms with Crippen LogP contribution >= 0.6 is 28.3 Å². The zero-order valence-corrected chi connectivity index (χ0v) is 17.3. The Morgan fingerprint density at radius 2 is 2.19 bits per heavy atom. The highest BCUT2D eigenvalue weighted by Crippen LogP contribution is 2.24. The third-order valence-corrected chi connectivity index (χ3v) is 4.95. The van der Waals surface area contributed by atoms with Crippen molar-refractivity contribution in [1.82, 2.24) is 20.4 Å². The van der Waals surface area contributed by atoms with Crippen LogP contribution in [0.25, 0.3) is 10.8 Å². The Morgan fingerprint density at radius 3 is 2.85 bits per heavy atom. The molecule has 1 amide bonds. The first-order valence-electron chi connectivity index (χ1n) is 8.66. The first-order chi connectivity index (χ1) is 12.0. The molecular weight excluding hydrogens is 420 g/mol. The average Bonchev–Trinajstić information content (AvgIpc) is 2.57. The SMILES string of the molecule is CC(C)c1nn(CC(=O)NC2CCCNC2)c(=O)c2ccc(Br)cc12.Cl. The summed E-state index contributed by atoms with van der Waals surface area (Å²) in [4.78, 5) is 25.1. The van der Waals surface area contributed by atoms with Gasteiger partial charge in [-0.25, -0.2) is 4.68 Å². The molecular formula is C18H24BrClN4O2. The van der Waals surface area contributed by atoms with Gasteiger partial charge in [-0.1, -0.05) is 29.8 Å². The van der Waals surface area contributed by atoms with Crippen LogP contribution in [0.15, 0.2) is 27.5 Å². The summed E-state index contributed by atoms with van der Waals surface area (Å²) in [5.41, 5.74) is 0.590. The van der Waals surface area contributed by atoms with Gasteiger partial charge in [-0.05, 0) is 43.5 Å². The molecule has 2 aromatic rings. The maximum atomic E-state index is 12.7. The van der Waals surface area contributed by atoms with Crippen LogP contribution in [0.3, 0.4) is 0 Å². The van der Waals surface area contributed by atoms with Crippen LogP contribution < -0.4 is 16.2 Å². The van der Waals surface area contributed by atoms with Crippen molar-refractivity contribution < 1.29 is 4.79 Å². The lowest BCUT2D eigenvalue weighted by Crippen LogP contribution is -2.47. The first kappa shape index (κ1) is 20.9. The van der Waals surface area contributed by atoms with Crippen molar-refractivity contribution in [2.45, 2.75) is 45.2 Å². The molecule has 8 heteroatoms. The highest BCUT2D eigenvalue weighted by atomic mass is 79.9. The summed E-state index contributed by atoms with van der Waals surface area (Å²) < 4.78 is 2.19. The number of rotatable bonds is 4. The maximum absolute atomic E-state index is 12.7. The Kier molecular flexibility index (Phi) is 7.20. The summed E-state index contributed by atoms with van der Waals surface area (Å²) in [6, 6.07) is 5.66. The van der Waals surface area contributed by atoms with Crippen LogP contribution in [0.5, 0.6) is 0 Å². The predicted octanol–water partition coefficient (Wildman–Crippen LogP) is 2.57. The van der Waals surface area contributed by atoms with Gasteiger partial charge in [-0.15, -0.1) is 12.4 Å². The number of carbonyl (C=O) groups excluding carboxylic acids is 1. The number of nitrogens with zero attached hydrogens (tertiary/aromatic N) is 2. The van der Waals surface area contributed by atoms with Crippen molar-refractivity contribution in [3.63, 3.8) is 0 Å². The van der Waals surface area contributed by atoms with Gasteiger partial charge < -0.3 is 10.6 Å². The first-order valence-corrected chi connectivity index (χ1v) is 9.45. The normalized spacial score (nSPS) is 17.2. The van der Waals surface area contributed by atoms with E-state index in [-0.39, 0.29) is 42.4 Å². The number of halogens is 2. The smallest absolute Gasteiger partial charge is 0.275 e. The van der Waals surface area contributed by atoms with E-state index in [4.69, 9.17) is 0 Å². The topological polar surface area (TPSA) is 76.0 Å². The molecule has 6 nitrogen and oxygen atoms in total. The van der Waals surface area contributed by atoms with Crippen LogP contribution in [0.2, 0.25) is 0 Å². The van der Waals surface area contributed by atoms with E-state index in [2.05, 4.69) is 31.7 Å². The van der Waals surface area contributed by atoms with Crippen LogP contribution in [0.1, 0.15) is 38.3 Å². The Balaban J connectivity index is 0.00000243. The second-order valence-corrected chi connectivity index (χ2v) is 7.72. The van der Waals surface area contributed by atoms with Crippen molar-refractivity contribution in [3.8, 4) is 0 Å². The van der Waals surface area contributed by atoms with Crippen molar-refractivity contribution in [1.29, 1.82) is 0 Å². The largest absolute Gasteiger partial charge is 0.350 e. The minimum absolute atomic E-state index is 0. The number of aromatic nitrogens is 2. The van der Waals surface area contributed by atoms with Gasteiger partial charge in [0.05, 0.1) is 11.1 Å². The van der Waals surface area contributed by atoms with E-state index < -0.39 is 0 Å². The molecule has 2 heterocycles. The van der Waals surface area contributed by atoms with Crippen LogP contribution in [0.4, 0.5) is 0 Å². The fourth-order valence-electron chi connectivity index (χ4n) is 3.20. The summed E-state index contributed by atoms with van der Waals surface area (Å²) in [5.74, 6) is -0.0243. The monoisotopic (exact) mass is 442 g/mol. The molecule has 3 rings (SSSR count). The number of hydrogen-bond acceptors (Lipinski definition) is 4. The molecule has 142 valence electrons. The number of carbonyl (C=O) groups is 1. The molecule has 1 fully saturated rings. The van der Waals surface area contributed by atoms with Gasteiger partial charge in [0.15, 0.2) is 0 Å². The molecule has 1 saturated heterocycles. The molecule has 1 aromatic carbocycles. The molecule has 0 spiro atoms. The molecule has 26 heavy (non-hydrogen) atoms. The molecule has 1 unspecified atom stereocenters. The van der Waals surface area contributed by atoms with Crippen molar-refractivity contribution in [2.75, 3.05) is 13.1 Å². The lowest BCUT2D eigenvalue weighted by atomic mass is 10.0. The van der Waals surface area contributed by atoms with Gasteiger partial charge in [0.25, 0.3) is 5.56 Å². The van der Waals surface area contributed by atoms with E-state index in [1.54, 1.807) is 6.07 Å². The van der Waals surface area contributed by atoms with Crippen molar-refractivity contribution in [3.05, 3.63) is 38.7 Å². The van der Waals surface area contributed by atoms with Crippen molar-refractivity contribution >= 4 is 45.0 Å². The minimum Gasteiger partial charge on any atom is -0.350 e. The van der Waals surface area contributed by atoms with E-state index in [1.807, 2.05) is 26.0 Å². The van der Waals surface area contributed by atoms with Crippen molar-refractivity contribution in [2.24, 2.45) is 0 Å². The number of piperidine rings is 1. The lowest BCUT2D eigenvalue weighted by Gasteiger charge is -2.24. The Morgan fingerprint density at radius 1 is 1.42 bits per heavy atom. The molecule has 1 atom stereocenters. The van der Waals surface area contributed by atoms with Crippen LogP contribution in [-0.4, -0.2) is 34.8 Å². The van der Waals surface area contributed by atoms with E-state index in [0.717, 1.165) is 41.5 Å². The molecule has 2 N–H and O–H groups in total. The van der Waals surface area contributed by atoms with E-state index in [1.165, 1.54) is 4.68 Å². The zero-order chi connectivity index (χ0) is 18.0. The standard InChI is InChI=1S/C18H23BrN4O2.ClH/c1-11(2)17-15-8-12(19)5-6-14(15)18(25)23(22-17)10-16(24)21-13-4-3-7-20-9-13;/h5-6,8,11,13,20H,3-4,7,9-10H2,1-2H3,(H,21,24);1H. The number of fused-ring (bicyclic) bond motifs is 1. The molecule has 0 radical (unpaired) electrons. The second-order valence-electron chi connectivity index (χ2n) is 6.80. The van der Waals surface area contributed by atoms with Gasteiger partial charge in [-0.3, -0.25) is 9.59 Å². The summed E-state index contributed by atoms with van der Waals surface area (Å²) in [6.07, 6.45) is 2.01. The number of amides is 1. The molecule has 1 aliphatic heterocycles. The van der Waals surface area contributed by atoms with Crippen LogP contribution in [0, 0.1) is 0 Å². The number of nitrogens with one attached hydrogen (secondary N) is 2. The van der Waals surface area contributed by atoms with Gasteiger partial charge in [0, 0.05) is 22.4 Å². The van der Waals surface area contributed by atoms with Gasteiger partial charge >= 0.3 is 0 Å². The Hall–Kier alpha value is -1.44. The molecule has 0 saturated carbocycles. The zero-order valence-electron chi connectivity index (χ0n) is 14.9. The Labute approximate surface area is 167 Å². The molecule has 1 aromatic heterocycles. The fraction of sp³-hybridized carbons (Fsp3) is 0.500. The quantitative estimate of drug-likeness (QED) is 0.761. The van der Waals surface area contributed by atoms with Gasteiger partial charge in [-0.2, -0.15) is 5.10 Å². The molecule has 0 aliphatic carbocycles. The van der Waals surface area contributed by atoms with E-state index >= 15 is 0 Å². The van der Waals surface area contributed by atoms with Gasteiger partial charge in [0.1, 0.15) is 6.54 Å². The maximum Gasteiger partial charge on any atom is 0.275 e. The summed E-state index contributed by atoms with van der Waals surface area (Å²) >= 11 is 3.45. The van der Waals surface area contributed by atoms with E-state index in [0.29, 0.717) is 5.39 Å². The summed E-state index contributed by atoms with van der Waals surface area (Å²) in [7, 11) is 0. The van der Waals surface area contributed by atoms with Crippen LogP contribution in [-0.2, 0) is 11.3 Å². The highest BCUT2D eigenvalue weighted by molar-refractivity contribution is 9.10. The van der Waals surface area contributed by atoms with Gasteiger partial charge in [0.2, 0.25) is 5.91 Å². The summed E-state index contributed by atoms with van der Waals surface area (Å²) in [6.45, 7) is 5.78. The molecule has 1 aliphatic rings. The average molecular weight is 444 g/mol. The number of hydrogen-bond donors (Lipinski definition) is 2. The summed E-state index contributed by atoms with van der Waals surface area (Å²) in [5, 5.41) is 12.2. The third kappa shape index (κ3) is 4.64. The predicted molar refractivity (Wildman–Crippen MR) is 109 cm³/mol. The lowest BCUT2D eigenvalue weighted by molar-refractivity contribution is -0.122. The van der Waals surface area contributed by atoms with E-state index in [9.17, 15) is 9.59 Å². The fourth-order valence-corrected chi connectivity index (χ4v) is 3.56. The Bertz CT molecular complexity index is 847. The minimum atomic E-state index is -0.233. The molecule has 0 bridgehead atoms. The highest BCUT2D eigenvalue weighted by Gasteiger charge is 2.18. The third-order valence-electron chi connectivity index (χ3n) is 4.45. The second kappa shape index (κ2) is 8.97. The number of benzene rings is 1.